The Balaban J connectivity index is 1.22. The zero-order valence-corrected chi connectivity index (χ0v) is 22.0. The fraction of sp³-hybridized carbons (Fsp3) is 0.710. The van der Waals surface area contributed by atoms with E-state index in [1.165, 1.54) is 62.5 Å². The molecule has 1 aliphatic heterocycles. The molecule has 0 amide bonds. The first-order valence-corrected chi connectivity index (χ1v) is 13.9. The van der Waals surface area contributed by atoms with Crippen molar-refractivity contribution in [3.8, 4) is 0 Å². The van der Waals surface area contributed by atoms with Crippen molar-refractivity contribution < 1.29 is 4.74 Å². The molecule has 0 radical (unpaired) electrons. The first-order chi connectivity index (χ1) is 16.1. The number of hydrogen-bond acceptors (Lipinski definition) is 3. The lowest BCUT2D eigenvalue weighted by atomic mass is 9.44. The maximum Gasteiger partial charge on any atom is 0.126 e. The molecule has 6 rings (SSSR count). The zero-order chi connectivity index (χ0) is 23.9. The Kier molecular flexibility index (Phi) is 5.16. The highest BCUT2D eigenvalue weighted by Crippen LogP contribution is 2.67. The number of hydrogen-bond donors (Lipinski definition) is 1. The minimum absolute atomic E-state index is 0.0242. The summed E-state index contributed by atoms with van der Waals surface area (Å²) in [6.45, 7) is 12.6. The van der Waals surface area contributed by atoms with Gasteiger partial charge in [-0.3, -0.25) is 4.99 Å². The third kappa shape index (κ3) is 3.44. The fourth-order valence-corrected chi connectivity index (χ4v) is 9.24. The number of ether oxygens (including phenoxy) is 1. The summed E-state index contributed by atoms with van der Waals surface area (Å²) in [5, 5.41) is 0. The van der Waals surface area contributed by atoms with Gasteiger partial charge in [0.2, 0.25) is 0 Å². The molecule has 0 spiro atoms. The molecule has 3 fully saturated rings. The van der Waals surface area contributed by atoms with Gasteiger partial charge in [0.25, 0.3) is 0 Å². The Morgan fingerprint density at radius 3 is 2.65 bits per heavy atom. The lowest BCUT2D eigenvalue weighted by molar-refractivity contribution is -0.148. The van der Waals surface area contributed by atoms with E-state index >= 15 is 0 Å². The monoisotopic (exact) mass is 460 g/mol. The van der Waals surface area contributed by atoms with Crippen LogP contribution in [0.4, 0.5) is 0 Å². The van der Waals surface area contributed by atoms with Gasteiger partial charge in [-0.15, -0.1) is 0 Å². The summed E-state index contributed by atoms with van der Waals surface area (Å²) in [6, 6.07) is 6.91. The van der Waals surface area contributed by atoms with Gasteiger partial charge in [-0.1, -0.05) is 32.1 Å². The summed E-state index contributed by atoms with van der Waals surface area (Å²) >= 11 is 0. The average molecular weight is 461 g/mol. The Hall–Kier alpha value is -1.61. The van der Waals surface area contributed by atoms with E-state index in [4.69, 9.17) is 10.5 Å². The van der Waals surface area contributed by atoms with E-state index in [9.17, 15) is 0 Å². The van der Waals surface area contributed by atoms with E-state index in [0.717, 1.165) is 35.8 Å². The van der Waals surface area contributed by atoms with Gasteiger partial charge in [0.05, 0.1) is 18.2 Å². The second-order valence-electron chi connectivity index (χ2n) is 13.7. The van der Waals surface area contributed by atoms with Crippen LogP contribution in [0.25, 0.3) is 5.57 Å². The van der Waals surface area contributed by atoms with Gasteiger partial charge in [0.15, 0.2) is 0 Å². The highest BCUT2D eigenvalue weighted by atomic mass is 16.5. The molecule has 7 atom stereocenters. The number of aliphatic imine (C=N–C) groups is 1. The van der Waals surface area contributed by atoms with Crippen LogP contribution in [-0.2, 0) is 11.3 Å². The van der Waals surface area contributed by atoms with Crippen LogP contribution in [0.1, 0.15) is 103 Å². The Bertz CT molecular complexity index is 1050. The highest BCUT2D eigenvalue weighted by molar-refractivity contribution is 6.01. The zero-order valence-electron chi connectivity index (χ0n) is 22.0. The highest BCUT2D eigenvalue weighted by Gasteiger charge is 2.58. The first-order valence-electron chi connectivity index (χ1n) is 13.9. The van der Waals surface area contributed by atoms with Crippen molar-refractivity contribution in [2.45, 2.75) is 104 Å². The van der Waals surface area contributed by atoms with Crippen molar-refractivity contribution in [2.24, 2.45) is 45.2 Å². The van der Waals surface area contributed by atoms with Crippen molar-refractivity contribution in [3.05, 3.63) is 41.0 Å². The van der Waals surface area contributed by atoms with E-state index < -0.39 is 0 Å². The summed E-state index contributed by atoms with van der Waals surface area (Å²) in [6.07, 6.45) is 13.8. The van der Waals surface area contributed by atoms with Crippen LogP contribution in [-0.4, -0.2) is 17.5 Å². The Labute approximate surface area is 206 Å². The molecule has 34 heavy (non-hydrogen) atoms. The van der Waals surface area contributed by atoms with Gasteiger partial charge >= 0.3 is 0 Å². The van der Waals surface area contributed by atoms with Gasteiger partial charge < -0.3 is 10.5 Å². The lowest BCUT2D eigenvalue weighted by Crippen LogP contribution is -2.54. The van der Waals surface area contributed by atoms with Gasteiger partial charge in [-0.25, -0.2) is 0 Å². The molecule has 3 nitrogen and oxygen atoms in total. The maximum atomic E-state index is 6.47. The van der Waals surface area contributed by atoms with Crippen LogP contribution in [0, 0.1) is 34.5 Å². The topological polar surface area (TPSA) is 47.6 Å². The third-order valence-electron chi connectivity index (χ3n) is 10.8. The largest absolute Gasteiger partial charge is 0.383 e. The van der Waals surface area contributed by atoms with Gasteiger partial charge in [0.1, 0.15) is 5.84 Å². The second kappa shape index (κ2) is 7.69. The number of amidine groups is 1. The molecule has 3 heteroatoms. The predicted molar refractivity (Wildman–Crippen MR) is 141 cm³/mol. The number of fused-ring (bicyclic) bond motifs is 6. The SMILES string of the molecule is CC(C)(C)O[C@@H]1CC[C@@]2(C)[C@@H](CC[C@@H]3[C@@H]2CC[C@]2(C)C(c4ccc5c(c4)CN=C5N)=CC[C@@H]32)C1. The van der Waals surface area contributed by atoms with Crippen molar-refractivity contribution in [1.29, 1.82) is 0 Å². The molecule has 1 heterocycles. The van der Waals surface area contributed by atoms with Crippen LogP contribution >= 0.6 is 0 Å². The molecule has 184 valence electrons. The van der Waals surface area contributed by atoms with Crippen molar-refractivity contribution in [2.75, 3.05) is 0 Å². The quantitative estimate of drug-likeness (QED) is 0.510. The van der Waals surface area contributed by atoms with Crippen LogP contribution in [0.2, 0.25) is 0 Å². The molecule has 0 aromatic heterocycles. The molecule has 3 saturated carbocycles. The molecule has 5 aliphatic rings. The van der Waals surface area contributed by atoms with Gasteiger partial charge in [0, 0.05) is 5.56 Å². The lowest BCUT2D eigenvalue weighted by Gasteiger charge is -2.61. The second-order valence-corrected chi connectivity index (χ2v) is 13.7. The molecule has 2 N–H and O–H groups in total. The van der Waals surface area contributed by atoms with Crippen molar-refractivity contribution >= 4 is 11.4 Å². The molecule has 1 aromatic rings. The summed E-state index contributed by atoms with van der Waals surface area (Å²) in [5.74, 6) is 4.12. The molecule has 0 bridgehead atoms. The van der Waals surface area contributed by atoms with Crippen LogP contribution in [0.3, 0.4) is 0 Å². The maximum absolute atomic E-state index is 6.47. The average Bonchev–Trinajstić information content (AvgIpc) is 3.32. The molecule has 0 saturated heterocycles. The first kappa shape index (κ1) is 22.8. The van der Waals surface area contributed by atoms with E-state index in [-0.39, 0.29) is 5.60 Å². The number of benzene rings is 1. The van der Waals surface area contributed by atoms with E-state index in [1.807, 2.05) is 0 Å². The van der Waals surface area contributed by atoms with Gasteiger partial charge in [-0.2, -0.15) is 0 Å². The normalized spacial score (nSPS) is 41.1. The molecule has 0 unspecified atom stereocenters. The van der Waals surface area contributed by atoms with Crippen LogP contribution in [0.15, 0.2) is 29.3 Å². The predicted octanol–water partition coefficient (Wildman–Crippen LogP) is 7.13. The molecular formula is C31H44N2O. The Morgan fingerprint density at radius 1 is 1.03 bits per heavy atom. The molecule has 1 aromatic carbocycles. The van der Waals surface area contributed by atoms with E-state index in [0.29, 0.717) is 22.8 Å². The Morgan fingerprint density at radius 2 is 1.85 bits per heavy atom. The minimum atomic E-state index is -0.0242. The van der Waals surface area contributed by atoms with E-state index in [2.05, 4.69) is 63.9 Å². The number of allylic oxidation sites excluding steroid dienone is 2. The summed E-state index contributed by atoms with van der Waals surface area (Å²) in [7, 11) is 0. The minimum Gasteiger partial charge on any atom is -0.383 e. The standard InChI is InChI=1S/C31H44N2O/c1-29(2,3)34-22-12-14-30(4)21(17-22)7-9-24-26-11-10-25(31(26,5)15-13-27(24)30)19-6-8-23-20(16-19)18-33-28(23)32/h6,8,10,16,21-22,24,26-27H,7,9,11-15,17-18H2,1-5H3,(H2,32,33)/t21-,22+,24-,26-,27-,30-,31+/m0/s1. The van der Waals surface area contributed by atoms with Crippen molar-refractivity contribution in [1.82, 2.24) is 0 Å². The van der Waals surface area contributed by atoms with E-state index in [1.54, 1.807) is 5.57 Å². The smallest absolute Gasteiger partial charge is 0.126 e. The molecular weight excluding hydrogens is 416 g/mol. The molecule has 4 aliphatic carbocycles. The number of nitrogens with zero attached hydrogens (tertiary/aromatic N) is 1. The third-order valence-corrected chi connectivity index (χ3v) is 10.8. The van der Waals surface area contributed by atoms with Crippen molar-refractivity contribution in [3.63, 3.8) is 0 Å². The fourth-order valence-electron chi connectivity index (χ4n) is 9.24. The van der Waals surface area contributed by atoms with Gasteiger partial charge in [-0.05, 0) is 129 Å². The number of rotatable bonds is 2. The van der Waals surface area contributed by atoms with Crippen LogP contribution in [0.5, 0.6) is 0 Å². The summed E-state index contributed by atoms with van der Waals surface area (Å²) in [5.41, 5.74) is 12.4. The van der Waals surface area contributed by atoms with Crippen LogP contribution < -0.4 is 5.73 Å². The number of nitrogens with two attached hydrogens (primary N) is 1. The summed E-state index contributed by atoms with van der Waals surface area (Å²) in [4.78, 5) is 4.46. The summed E-state index contributed by atoms with van der Waals surface area (Å²) < 4.78 is 6.47.